The molecule has 0 saturated carbocycles. The molecule has 6 heteroatoms. The van der Waals surface area contributed by atoms with Crippen LogP contribution in [0.5, 0.6) is 0 Å². The first-order valence-corrected chi connectivity index (χ1v) is 5.35. The molecule has 0 aliphatic carbocycles. The highest BCUT2D eigenvalue weighted by atomic mass is 79.9. The highest BCUT2D eigenvalue weighted by Gasteiger charge is 2.04. The smallest absolute Gasteiger partial charge is 0.287 e. The first-order valence-electron chi connectivity index (χ1n) is 4.56. The van der Waals surface area contributed by atoms with Gasteiger partial charge in [0, 0.05) is 4.47 Å². The van der Waals surface area contributed by atoms with Crippen molar-refractivity contribution in [3.63, 3.8) is 0 Å². The van der Waals surface area contributed by atoms with Crippen LogP contribution in [-0.2, 0) is 0 Å². The topological polar surface area (TPSA) is 69.8 Å². The number of H-pyrrole nitrogens is 1. The van der Waals surface area contributed by atoms with Crippen LogP contribution in [0.3, 0.4) is 0 Å². The second-order valence-corrected chi connectivity index (χ2v) is 3.97. The number of hydrogen-bond acceptors (Lipinski definition) is 3. The van der Waals surface area contributed by atoms with E-state index in [1.807, 2.05) is 24.3 Å². The normalized spacial score (nSPS) is 9.81. The summed E-state index contributed by atoms with van der Waals surface area (Å²) in [6, 6.07) is 7.45. The molecule has 3 N–H and O–H groups in total. The molecule has 0 spiro atoms. The molecular formula is C10H9BrN4O. The van der Waals surface area contributed by atoms with Gasteiger partial charge in [0.25, 0.3) is 5.91 Å². The van der Waals surface area contributed by atoms with Crippen molar-refractivity contribution in [2.75, 3.05) is 5.43 Å². The molecule has 1 amide bonds. The molecule has 0 aliphatic heterocycles. The van der Waals surface area contributed by atoms with Gasteiger partial charge in [0.2, 0.25) is 0 Å². The molecule has 0 unspecified atom stereocenters. The number of nitrogens with zero attached hydrogens (tertiary/aromatic N) is 1. The molecule has 16 heavy (non-hydrogen) atoms. The Balaban J connectivity index is 1.93. The van der Waals surface area contributed by atoms with E-state index in [0.717, 1.165) is 10.2 Å². The number of hydrogen-bond donors (Lipinski definition) is 3. The van der Waals surface area contributed by atoms with Crippen LogP contribution in [0.1, 0.15) is 10.5 Å². The van der Waals surface area contributed by atoms with Crippen LogP contribution in [0.2, 0.25) is 0 Å². The van der Waals surface area contributed by atoms with Crippen molar-refractivity contribution in [1.29, 1.82) is 0 Å². The first kappa shape index (κ1) is 10.7. The summed E-state index contributed by atoms with van der Waals surface area (Å²) < 4.78 is 0.984. The summed E-state index contributed by atoms with van der Waals surface area (Å²) in [6.07, 6.45) is 2.91. The Labute approximate surface area is 100 Å². The monoisotopic (exact) mass is 280 g/mol. The van der Waals surface area contributed by atoms with E-state index in [0.29, 0.717) is 5.69 Å². The minimum absolute atomic E-state index is 0.264. The molecule has 0 aliphatic rings. The lowest BCUT2D eigenvalue weighted by Gasteiger charge is -2.06. The maximum absolute atomic E-state index is 11.5. The lowest BCUT2D eigenvalue weighted by molar-refractivity contribution is 0.0958. The first-order chi connectivity index (χ1) is 7.75. The fourth-order valence-corrected chi connectivity index (χ4v) is 1.37. The predicted octanol–water partition coefficient (Wildman–Crippen LogP) is 1.93. The zero-order valence-corrected chi connectivity index (χ0v) is 9.78. The van der Waals surface area contributed by atoms with E-state index in [2.05, 4.69) is 36.7 Å². The third-order valence-electron chi connectivity index (χ3n) is 1.91. The third kappa shape index (κ3) is 2.60. The molecule has 82 valence electrons. The summed E-state index contributed by atoms with van der Waals surface area (Å²) >= 11 is 3.33. The molecule has 0 atom stereocenters. The number of aromatic amines is 1. The van der Waals surface area contributed by atoms with Gasteiger partial charge in [0.05, 0.1) is 18.2 Å². The van der Waals surface area contributed by atoms with Gasteiger partial charge in [-0.2, -0.15) is 0 Å². The number of imidazole rings is 1. The van der Waals surface area contributed by atoms with E-state index in [-0.39, 0.29) is 5.91 Å². The standard InChI is InChI=1S/C10H9BrN4O/c11-7-1-3-8(4-2-7)14-15-10(16)9-5-12-6-13-9/h1-6,14H,(H,12,13)(H,15,16). The number of rotatable bonds is 3. The van der Waals surface area contributed by atoms with Gasteiger partial charge >= 0.3 is 0 Å². The van der Waals surface area contributed by atoms with Crippen molar-refractivity contribution in [2.24, 2.45) is 0 Å². The zero-order valence-electron chi connectivity index (χ0n) is 8.20. The fraction of sp³-hybridized carbons (Fsp3) is 0. The van der Waals surface area contributed by atoms with Crippen LogP contribution in [0, 0.1) is 0 Å². The van der Waals surface area contributed by atoms with E-state index in [1.165, 1.54) is 12.5 Å². The summed E-state index contributed by atoms with van der Waals surface area (Å²) in [5.74, 6) is -0.264. The van der Waals surface area contributed by atoms with E-state index >= 15 is 0 Å². The number of carbonyl (C=O) groups excluding carboxylic acids is 1. The fourth-order valence-electron chi connectivity index (χ4n) is 1.11. The van der Waals surface area contributed by atoms with Gasteiger partial charge in [-0.15, -0.1) is 0 Å². The van der Waals surface area contributed by atoms with Crippen molar-refractivity contribution in [2.45, 2.75) is 0 Å². The summed E-state index contributed by atoms with van der Waals surface area (Å²) in [5.41, 5.74) is 6.55. The van der Waals surface area contributed by atoms with Crippen LogP contribution < -0.4 is 10.9 Å². The number of benzene rings is 1. The molecule has 2 rings (SSSR count). The maximum Gasteiger partial charge on any atom is 0.287 e. The summed E-state index contributed by atoms with van der Waals surface area (Å²) in [5, 5.41) is 0. The van der Waals surface area contributed by atoms with E-state index in [1.54, 1.807) is 0 Å². The maximum atomic E-state index is 11.5. The largest absolute Gasteiger partial charge is 0.341 e. The second-order valence-electron chi connectivity index (χ2n) is 3.05. The number of halogens is 1. The number of nitrogens with one attached hydrogen (secondary N) is 3. The van der Waals surface area contributed by atoms with Crippen LogP contribution in [0.4, 0.5) is 5.69 Å². The van der Waals surface area contributed by atoms with E-state index in [4.69, 9.17) is 0 Å². The van der Waals surface area contributed by atoms with Gasteiger partial charge in [-0.3, -0.25) is 15.6 Å². The molecule has 0 fully saturated rings. The van der Waals surface area contributed by atoms with Gasteiger partial charge in [-0.05, 0) is 24.3 Å². The molecule has 1 heterocycles. The molecule has 0 radical (unpaired) electrons. The van der Waals surface area contributed by atoms with Crippen molar-refractivity contribution in [3.05, 3.63) is 47.0 Å². The number of aromatic nitrogens is 2. The highest BCUT2D eigenvalue weighted by molar-refractivity contribution is 9.10. The van der Waals surface area contributed by atoms with Crippen molar-refractivity contribution >= 4 is 27.5 Å². The van der Waals surface area contributed by atoms with Crippen molar-refractivity contribution in [1.82, 2.24) is 15.4 Å². The van der Waals surface area contributed by atoms with Gasteiger partial charge in [-0.1, -0.05) is 15.9 Å². The van der Waals surface area contributed by atoms with Gasteiger partial charge in [-0.25, -0.2) is 4.98 Å². The molecular weight excluding hydrogens is 272 g/mol. The SMILES string of the molecule is O=C(NNc1ccc(Br)cc1)c1cnc[nH]1. The molecule has 0 saturated heterocycles. The number of hydrazine groups is 1. The van der Waals surface area contributed by atoms with Crippen molar-refractivity contribution in [3.8, 4) is 0 Å². The minimum Gasteiger partial charge on any atom is -0.341 e. The number of amides is 1. The quantitative estimate of drug-likeness (QED) is 0.753. The molecule has 2 aromatic rings. The average Bonchev–Trinajstić information content (AvgIpc) is 2.81. The predicted molar refractivity (Wildman–Crippen MR) is 63.8 cm³/mol. The molecule has 0 bridgehead atoms. The lowest BCUT2D eigenvalue weighted by atomic mass is 10.3. The van der Waals surface area contributed by atoms with E-state index in [9.17, 15) is 4.79 Å². The summed E-state index contributed by atoms with van der Waals surface area (Å²) in [7, 11) is 0. The Morgan fingerprint density at radius 2 is 2.06 bits per heavy atom. The van der Waals surface area contributed by atoms with Gasteiger partial charge < -0.3 is 4.98 Å². The van der Waals surface area contributed by atoms with Crippen molar-refractivity contribution < 1.29 is 4.79 Å². The Morgan fingerprint density at radius 3 is 2.69 bits per heavy atom. The summed E-state index contributed by atoms with van der Waals surface area (Å²) in [6.45, 7) is 0. The third-order valence-corrected chi connectivity index (χ3v) is 2.44. The van der Waals surface area contributed by atoms with Crippen LogP contribution in [-0.4, -0.2) is 15.9 Å². The Hall–Kier alpha value is -1.82. The minimum atomic E-state index is -0.264. The van der Waals surface area contributed by atoms with Crippen LogP contribution in [0.15, 0.2) is 41.3 Å². The Kier molecular flexibility index (Phi) is 3.21. The molecule has 1 aromatic carbocycles. The highest BCUT2D eigenvalue weighted by Crippen LogP contribution is 2.13. The zero-order chi connectivity index (χ0) is 11.4. The van der Waals surface area contributed by atoms with Gasteiger partial charge in [0.15, 0.2) is 0 Å². The summed E-state index contributed by atoms with van der Waals surface area (Å²) in [4.78, 5) is 18.0. The van der Waals surface area contributed by atoms with Crippen LogP contribution in [0.25, 0.3) is 0 Å². The molecule has 5 nitrogen and oxygen atoms in total. The van der Waals surface area contributed by atoms with E-state index < -0.39 is 0 Å². The number of anilines is 1. The second kappa shape index (κ2) is 4.80. The van der Waals surface area contributed by atoms with Gasteiger partial charge in [0.1, 0.15) is 5.69 Å². The number of carbonyl (C=O) groups is 1. The Morgan fingerprint density at radius 1 is 1.31 bits per heavy atom. The lowest BCUT2D eigenvalue weighted by Crippen LogP contribution is -2.29. The van der Waals surface area contributed by atoms with Crippen LogP contribution >= 0.6 is 15.9 Å². The average molecular weight is 281 g/mol. The Bertz CT molecular complexity index is 466. The molecule has 1 aromatic heterocycles.